The van der Waals surface area contributed by atoms with Crippen LogP contribution in [0.5, 0.6) is 5.75 Å². The second-order valence-corrected chi connectivity index (χ2v) is 6.43. The van der Waals surface area contributed by atoms with Crippen LogP contribution in [0.1, 0.15) is 32.3 Å². The minimum Gasteiger partial charge on any atom is -0.464 e. The largest absolute Gasteiger partial charge is 0.464 e. The molecule has 1 aliphatic heterocycles. The Balaban J connectivity index is 2.28. The normalized spacial score (nSPS) is 19.2. The average Bonchev–Trinajstić information content (AvgIpc) is 2.88. The number of halogens is 3. The van der Waals surface area contributed by atoms with Gasteiger partial charge in [0.05, 0.1) is 17.1 Å². The highest BCUT2D eigenvalue weighted by Crippen LogP contribution is 2.42. The van der Waals surface area contributed by atoms with Gasteiger partial charge in [-0.2, -0.15) is 13.2 Å². The van der Waals surface area contributed by atoms with Crippen molar-refractivity contribution in [3.05, 3.63) is 23.8 Å². The maximum Gasteiger partial charge on any atom is 0.417 e. The first kappa shape index (κ1) is 16.5. The van der Waals surface area contributed by atoms with Gasteiger partial charge in [0.2, 0.25) is 0 Å². The number of benzene rings is 1. The molecular weight excluding hydrogens is 301 g/mol. The summed E-state index contributed by atoms with van der Waals surface area (Å²) >= 11 is 1.19. The smallest absolute Gasteiger partial charge is 0.417 e. The molecule has 1 unspecified atom stereocenters. The second kappa shape index (κ2) is 6.92. The standard InChI is InChI=1S/C15H19F3O2S/c1-10(2)9-21-14-11(15(16,17)18)5-3-6-12(14)20-13-7-4-8-19-13/h3,5-6,10,13H,4,7-9H2,1-2H3. The fourth-order valence-corrected chi connectivity index (χ4v) is 3.11. The highest BCUT2D eigenvalue weighted by Gasteiger charge is 2.35. The zero-order chi connectivity index (χ0) is 15.5. The topological polar surface area (TPSA) is 18.5 Å². The Bertz CT molecular complexity index is 468. The Morgan fingerprint density at radius 3 is 2.71 bits per heavy atom. The summed E-state index contributed by atoms with van der Waals surface area (Å²) < 4.78 is 50.5. The Hall–Kier alpha value is -0.880. The van der Waals surface area contributed by atoms with Crippen LogP contribution in [0.4, 0.5) is 13.2 Å². The van der Waals surface area contributed by atoms with Gasteiger partial charge in [0.15, 0.2) is 6.29 Å². The molecule has 118 valence electrons. The van der Waals surface area contributed by atoms with E-state index in [1.165, 1.54) is 17.8 Å². The van der Waals surface area contributed by atoms with Crippen LogP contribution in [0.15, 0.2) is 23.1 Å². The molecule has 1 heterocycles. The summed E-state index contributed by atoms with van der Waals surface area (Å²) in [6.45, 7) is 4.55. The molecule has 2 nitrogen and oxygen atoms in total. The SMILES string of the molecule is CC(C)CSc1c(OC2CCCO2)cccc1C(F)(F)F. The minimum atomic E-state index is -4.38. The first-order valence-corrected chi connectivity index (χ1v) is 7.97. The molecule has 6 heteroatoms. The van der Waals surface area contributed by atoms with Crippen molar-refractivity contribution in [3.63, 3.8) is 0 Å². The van der Waals surface area contributed by atoms with Crippen molar-refractivity contribution < 1.29 is 22.6 Å². The van der Waals surface area contributed by atoms with E-state index in [9.17, 15) is 13.2 Å². The highest BCUT2D eigenvalue weighted by atomic mass is 32.2. The molecule has 0 aromatic heterocycles. The third-order valence-electron chi connectivity index (χ3n) is 2.99. The van der Waals surface area contributed by atoms with Crippen molar-refractivity contribution in [1.82, 2.24) is 0 Å². The van der Waals surface area contributed by atoms with E-state index in [1.807, 2.05) is 13.8 Å². The second-order valence-electron chi connectivity index (χ2n) is 5.40. The zero-order valence-corrected chi connectivity index (χ0v) is 12.9. The lowest BCUT2D eigenvalue weighted by Crippen LogP contribution is -2.16. The molecule has 1 saturated heterocycles. The Morgan fingerprint density at radius 1 is 1.38 bits per heavy atom. The molecule has 1 aromatic rings. The van der Waals surface area contributed by atoms with Crippen molar-refractivity contribution in [2.24, 2.45) is 5.92 Å². The number of hydrogen-bond acceptors (Lipinski definition) is 3. The molecule has 0 N–H and O–H groups in total. The number of ether oxygens (including phenoxy) is 2. The highest BCUT2D eigenvalue weighted by molar-refractivity contribution is 7.99. The van der Waals surface area contributed by atoms with E-state index in [1.54, 1.807) is 6.07 Å². The monoisotopic (exact) mass is 320 g/mol. The summed E-state index contributed by atoms with van der Waals surface area (Å²) in [5.41, 5.74) is -0.636. The van der Waals surface area contributed by atoms with Crippen LogP contribution in [-0.2, 0) is 10.9 Å². The number of thioether (sulfide) groups is 1. The van der Waals surface area contributed by atoms with Crippen LogP contribution in [-0.4, -0.2) is 18.6 Å². The van der Waals surface area contributed by atoms with Crippen LogP contribution < -0.4 is 4.74 Å². The lowest BCUT2D eigenvalue weighted by molar-refractivity contribution is -0.140. The fraction of sp³-hybridized carbons (Fsp3) is 0.600. The lowest BCUT2D eigenvalue weighted by Gasteiger charge is -2.20. The molecule has 0 aliphatic carbocycles. The molecule has 2 rings (SSSR count). The van der Waals surface area contributed by atoms with E-state index in [2.05, 4.69) is 0 Å². The van der Waals surface area contributed by atoms with Crippen LogP contribution in [0.25, 0.3) is 0 Å². The Morgan fingerprint density at radius 2 is 2.14 bits per heavy atom. The van der Waals surface area contributed by atoms with Crippen molar-refractivity contribution >= 4 is 11.8 Å². The molecule has 1 aliphatic rings. The van der Waals surface area contributed by atoms with Crippen molar-refractivity contribution in [2.75, 3.05) is 12.4 Å². The first-order valence-electron chi connectivity index (χ1n) is 6.99. The first-order chi connectivity index (χ1) is 9.88. The molecule has 0 spiro atoms. The molecule has 0 saturated carbocycles. The molecule has 1 aromatic carbocycles. The number of hydrogen-bond donors (Lipinski definition) is 0. The third kappa shape index (κ3) is 4.54. The quantitative estimate of drug-likeness (QED) is 0.714. The molecule has 1 fully saturated rings. The molecule has 0 amide bonds. The van der Waals surface area contributed by atoms with Crippen LogP contribution in [0.3, 0.4) is 0 Å². The maximum atomic E-state index is 13.2. The zero-order valence-electron chi connectivity index (χ0n) is 12.1. The summed E-state index contributed by atoms with van der Waals surface area (Å²) in [4.78, 5) is 0.161. The van der Waals surface area contributed by atoms with Gasteiger partial charge in [0.1, 0.15) is 5.75 Å². The van der Waals surface area contributed by atoms with Gasteiger partial charge >= 0.3 is 6.18 Å². The summed E-state index contributed by atoms with van der Waals surface area (Å²) in [5, 5.41) is 0. The number of alkyl halides is 3. The third-order valence-corrected chi connectivity index (χ3v) is 4.53. The van der Waals surface area contributed by atoms with Gasteiger partial charge in [0, 0.05) is 12.2 Å². The maximum absolute atomic E-state index is 13.2. The van der Waals surface area contributed by atoms with Crippen molar-refractivity contribution in [2.45, 2.75) is 44.1 Å². The van der Waals surface area contributed by atoms with Gasteiger partial charge in [-0.25, -0.2) is 0 Å². The van der Waals surface area contributed by atoms with Gasteiger partial charge in [-0.1, -0.05) is 19.9 Å². The summed E-state index contributed by atoms with van der Waals surface area (Å²) in [6, 6.07) is 4.07. The molecular formula is C15H19F3O2S. The van der Waals surface area contributed by atoms with Gasteiger partial charge < -0.3 is 9.47 Å². The fourth-order valence-electron chi connectivity index (χ4n) is 2.01. The van der Waals surface area contributed by atoms with Gasteiger partial charge in [-0.15, -0.1) is 11.8 Å². The predicted molar refractivity (Wildman–Crippen MR) is 76.6 cm³/mol. The van der Waals surface area contributed by atoms with E-state index in [0.29, 0.717) is 24.7 Å². The van der Waals surface area contributed by atoms with E-state index >= 15 is 0 Å². The molecule has 0 bridgehead atoms. The minimum absolute atomic E-state index is 0.161. The Labute approximate surface area is 127 Å². The van der Waals surface area contributed by atoms with Crippen LogP contribution >= 0.6 is 11.8 Å². The molecule has 0 radical (unpaired) electrons. The lowest BCUT2D eigenvalue weighted by atomic mass is 10.2. The van der Waals surface area contributed by atoms with Crippen LogP contribution in [0, 0.1) is 5.92 Å². The molecule has 21 heavy (non-hydrogen) atoms. The summed E-state index contributed by atoms with van der Waals surface area (Å²) in [7, 11) is 0. The average molecular weight is 320 g/mol. The van der Waals surface area contributed by atoms with E-state index in [0.717, 1.165) is 12.5 Å². The van der Waals surface area contributed by atoms with E-state index in [4.69, 9.17) is 9.47 Å². The summed E-state index contributed by atoms with van der Waals surface area (Å²) in [5.74, 6) is 1.17. The Kier molecular flexibility index (Phi) is 5.43. The van der Waals surface area contributed by atoms with E-state index in [-0.39, 0.29) is 10.6 Å². The van der Waals surface area contributed by atoms with Crippen molar-refractivity contribution in [1.29, 1.82) is 0 Å². The van der Waals surface area contributed by atoms with E-state index < -0.39 is 18.0 Å². The van der Waals surface area contributed by atoms with Gasteiger partial charge in [0.25, 0.3) is 0 Å². The van der Waals surface area contributed by atoms with Crippen LogP contribution in [0.2, 0.25) is 0 Å². The predicted octanol–water partition coefficient (Wildman–Crippen LogP) is 4.97. The number of rotatable bonds is 5. The van der Waals surface area contributed by atoms with Crippen molar-refractivity contribution in [3.8, 4) is 5.75 Å². The van der Waals surface area contributed by atoms with Gasteiger partial charge in [-0.3, -0.25) is 0 Å². The summed E-state index contributed by atoms with van der Waals surface area (Å²) in [6.07, 6.45) is -3.23. The molecule has 1 atom stereocenters. The van der Waals surface area contributed by atoms with Gasteiger partial charge in [-0.05, 0) is 24.5 Å².